The van der Waals surface area contributed by atoms with Gasteiger partial charge >= 0.3 is 6.03 Å². The van der Waals surface area contributed by atoms with Crippen LogP contribution < -0.4 is 10.2 Å². The van der Waals surface area contributed by atoms with Crippen molar-refractivity contribution >= 4 is 11.7 Å². The van der Waals surface area contributed by atoms with E-state index in [-0.39, 0.29) is 6.03 Å². The summed E-state index contributed by atoms with van der Waals surface area (Å²) in [6.45, 7) is 5.95. The predicted octanol–water partition coefficient (Wildman–Crippen LogP) is 3.04. The van der Waals surface area contributed by atoms with Gasteiger partial charge in [-0.15, -0.1) is 0 Å². The van der Waals surface area contributed by atoms with Gasteiger partial charge in [-0.1, -0.05) is 48.5 Å². The second-order valence-electron chi connectivity index (χ2n) is 7.12. The highest BCUT2D eigenvalue weighted by Crippen LogP contribution is 2.15. The number of carbonyl (C=O) groups excluding carboxylic acids is 1. The van der Waals surface area contributed by atoms with E-state index in [4.69, 9.17) is 0 Å². The molecule has 0 aromatic heterocycles. The standard InChI is InChI=1S/C22H30N4O/c1-24(19-20-9-4-2-5-10-20)14-8-13-23-22(27)26-17-15-25(16-18-26)21-11-6-3-7-12-21/h2-7,9-12H,8,13-19H2,1H3,(H,23,27). The van der Waals surface area contributed by atoms with Crippen LogP contribution in [0.25, 0.3) is 0 Å². The van der Waals surface area contributed by atoms with Gasteiger partial charge in [-0.05, 0) is 37.7 Å². The third-order valence-corrected chi connectivity index (χ3v) is 4.98. The van der Waals surface area contributed by atoms with Crippen molar-refractivity contribution in [1.82, 2.24) is 15.1 Å². The van der Waals surface area contributed by atoms with Gasteiger partial charge in [0.05, 0.1) is 0 Å². The molecule has 1 fully saturated rings. The van der Waals surface area contributed by atoms with E-state index in [9.17, 15) is 4.79 Å². The molecular formula is C22H30N4O. The summed E-state index contributed by atoms with van der Waals surface area (Å²) in [7, 11) is 2.12. The Balaban J connectivity index is 1.31. The van der Waals surface area contributed by atoms with Crippen molar-refractivity contribution in [3.8, 4) is 0 Å². The second kappa shape index (κ2) is 9.97. The molecule has 0 radical (unpaired) electrons. The van der Waals surface area contributed by atoms with Crippen LogP contribution in [-0.2, 0) is 6.54 Å². The van der Waals surface area contributed by atoms with Gasteiger partial charge in [-0.25, -0.2) is 4.79 Å². The summed E-state index contributed by atoms with van der Waals surface area (Å²) < 4.78 is 0. The van der Waals surface area contributed by atoms with E-state index in [2.05, 4.69) is 70.7 Å². The number of urea groups is 1. The van der Waals surface area contributed by atoms with Crippen LogP contribution in [0.1, 0.15) is 12.0 Å². The lowest BCUT2D eigenvalue weighted by Crippen LogP contribution is -2.52. The number of amides is 2. The Morgan fingerprint density at radius 2 is 1.59 bits per heavy atom. The molecule has 5 nitrogen and oxygen atoms in total. The molecule has 3 rings (SSSR count). The summed E-state index contributed by atoms with van der Waals surface area (Å²) in [6, 6.07) is 20.9. The third kappa shape index (κ3) is 6.00. The van der Waals surface area contributed by atoms with Crippen LogP contribution in [0.3, 0.4) is 0 Å². The second-order valence-corrected chi connectivity index (χ2v) is 7.12. The zero-order chi connectivity index (χ0) is 18.9. The summed E-state index contributed by atoms with van der Waals surface area (Å²) in [5.41, 5.74) is 2.55. The number of carbonyl (C=O) groups is 1. The number of hydrogen-bond donors (Lipinski definition) is 1. The van der Waals surface area contributed by atoms with Crippen molar-refractivity contribution < 1.29 is 4.79 Å². The molecule has 5 heteroatoms. The molecule has 0 aliphatic carbocycles. The van der Waals surface area contributed by atoms with E-state index in [1.54, 1.807) is 0 Å². The maximum Gasteiger partial charge on any atom is 0.317 e. The molecule has 1 N–H and O–H groups in total. The molecule has 2 aromatic carbocycles. The van der Waals surface area contributed by atoms with Gasteiger partial charge in [0.1, 0.15) is 0 Å². The van der Waals surface area contributed by atoms with Gasteiger partial charge in [-0.2, -0.15) is 0 Å². The Hall–Kier alpha value is -2.53. The average Bonchev–Trinajstić information content (AvgIpc) is 2.72. The third-order valence-electron chi connectivity index (χ3n) is 4.98. The highest BCUT2D eigenvalue weighted by molar-refractivity contribution is 5.74. The number of hydrogen-bond acceptors (Lipinski definition) is 3. The molecule has 1 saturated heterocycles. The molecule has 1 aliphatic rings. The van der Waals surface area contributed by atoms with E-state index in [0.29, 0.717) is 0 Å². The largest absolute Gasteiger partial charge is 0.368 e. The normalized spacial score (nSPS) is 14.4. The van der Waals surface area contributed by atoms with Crippen molar-refractivity contribution in [1.29, 1.82) is 0 Å². The monoisotopic (exact) mass is 366 g/mol. The molecule has 1 aliphatic heterocycles. The fraction of sp³-hybridized carbons (Fsp3) is 0.409. The van der Waals surface area contributed by atoms with Gasteiger partial charge in [0.15, 0.2) is 0 Å². The smallest absolute Gasteiger partial charge is 0.317 e. The maximum absolute atomic E-state index is 12.4. The SMILES string of the molecule is CN(CCCNC(=O)N1CCN(c2ccccc2)CC1)Cc1ccccc1. The lowest BCUT2D eigenvalue weighted by atomic mass is 10.2. The molecule has 0 unspecified atom stereocenters. The topological polar surface area (TPSA) is 38.8 Å². The fourth-order valence-electron chi connectivity index (χ4n) is 3.44. The molecule has 2 aromatic rings. The quantitative estimate of drug-likeness (QED) is 0.766. The summed E-state index contributed by atoms with van der Waals surface area (Å²) in [5, 5.41) is 3.07. The average molecular weight is 367 g/mol. The number of rotatable bonds is 7. The minimum atomic E-state index is 0.0634. The zero-order valence-electron chi connectivity index (χ0n) is 16.2. The predicted molar refractivity (Wildman–Crippen MR) is 111 cm³/mol. The highest BCUT2D eigenvalue weighted by Gasteiger charge is 2.20. The zero-order valence-corrected chi connectivity index (χ0v) is 16.2. The van der Waals surface area contributed by atoms with Gasteiger partial charge < -0.3 is 20.0 Å². The summed E-state index contributed by atoms with van der Waals surface area (Å²) in [5.74, 6) is 0. The minimum absolute atomic E-state index is 0.0634. The maximum atomic E-state index is 12.4. The lowest BCUT2D eigenvalue weighted by Gasteiger charge is -2.36. The molecule has 2 amide bonds. The van der Waals surface area contributed by atoms with Crippen LogP contribution in [0.5, 0.6) is 0 Å². The number of piperazine rings is 1. The number of para-hydroxylation sites is 1. The van der Waals surface area contributed by atoms with Crippen LogP contribution in [-0.4, -0.2) is 62.1 Å². The number of nitrogens with zero attached hydrogens (tertiary/aromatic N) is 3. The Kier molecular flexibility index (Phi) is 7.11. The van der Waals surface area contributed by atoms with E-state index < -0.39 is 0 Å². The summed E-state index contributed by atoms with van der Waals surface area (Å²) in [6.07, 6.45) is 0.957. The first-order chi connectivity index (χ1) is 13.2. The van der Waals surface area contributed by atoms with Crippen molar-refractivity contribution in [2.75, 3.05) is 51.2 Å². The number of benzene rings is 2. The molecule has 1 heterocycles. The molecular weight excluding hydrogens is 336 g/mol. The van der Waals surface area contributed by atoms with Crippen molar-refractivity contribution in [2.24, 2.45) is 0 Å². The first-order valence-electron chi connectivity index (χ1n) is 9.77. The van der Waals surface area contributed by atoms with Gasteiger partial charge in [-0.3, -0.25) is 0 Å². The molecule has 144 valence electrons. The van der Waals surface area contributed by atoms with E-state index in [0.717, 1.165) is 52.2 Å². The van der Waals surface area contributed by atoms with Gasteiger partial charge in [0.25, 0.3) is 0 Å². The van der Waals surface area contributed by atoms with Crippen LogP contribution in [0.15, 0.2) is 60.7 Å². The van der Waals surface area contributed by atoms with E-state index in [1.807, 2.05) is 17.0 Å². The Bertz CT molecular complexity index is 684. The van der Waals surface area contributed by atoms with Crippen LogP contribution in [0.2, 0.25) is 0 Å². The van der Waals surface area contributed by atoms with Crippen LogP contribution in [0, 0.1) is 0 Å². The highest BCUT2D eigenvalue weighted by atomic mass is 16.2. The first kappa shape index (κ1) is 19.2. The Labute approximate surface area is 162 Å². The van der Waals surface area contributed by atoms with Crippen LogP contribution in [0.4, 0.5) is 10.5 Å². The lowest BCUT2D eigenvalue weighted by molar-refractivity contribution is 0.193. The molecule has 0 spiro atoms. The molecule has 0 atom stereocenters. The number of nitrogens with one attached hydrogen (secondary N) is 1. The van der Waals surface area contributed by atoms with Gasteiger partial charge in [0.2, 0.25) is 0 Å². The molecule has 0 saturated carbocycles. The number of anilines is 1. The Morgan fingerprint density at radius 3 is 2.26 bits per heavy atom. The first-order valence-corrected chi connectivity index (χ1v) is 9.77. The fourth-order valence-corrected chi connectivity index (χ4v) is 3.44. The van der Waals surface area contributed by atoms with Crippen molar-refractivity contribution in [3.05, 3.63) is 66.2 Å². The van der Waals surface area contributed by atoms with E-state index >= 15 is 0 Å². The summed E-state index contributed by atoms with van der Waals surface area (Å²) >= 11 is 0. The molecule has 0 bridgehead atoms. The Morgan fingerprint density at radius 1 is 0.963 bits per heavy atom. The van der Waals surface area contributed by atoms with Gasteiger partial charge in [0, 0.05) is 45.0 Å². The molecule has 27 heavy (non-hydrogen) atoms. The van der Waals surface area contributed by atoms with Crippen LogP contribution >= 0.6 is 0 Å². The minimum Gasteiger partial charge on any atom is -0.368 e. The van der Waals surface area contributed by atoms with E-state index in [1.165, 1.54) is 11.3 Å². The van der Waals surface area contributed by atoms with Crippen molar-refractivity contribution in [3.63, 3.8) is 0 Å². The summed E-state index contributed by atoms with van der Waals surface area (Å²) in [4.78, 5) is 18.9. The van der Waals surface area contributed by atoms with Crippen molar-refractivity contribution in [2.45, 2.75) is 13.0 Å².